The lowest BCUT2D eigenvalue weighted by atomic mass is 10.2. The third-order valence-electron chi connectivity index (χ3n) is 3.64. The first-order chi connectivity index (χ1) is 11.2. The van der Waals surface area contributed by atoms with Gasteiger partial charge in [-0.2, -0.15) is 0 Å². The van der Waals surface area contributed by atoms with Crippen LogP contribution in [0.15, 0.2) is 24.3 Å². The third-order valence-corrected chi connectivity index (χ3v) is 3.64. The average molecular weight is 336 g/mol. The van der Waals surface area contributed by atoms with Crippen molar-refractivity contribution in [2.45, 2.75) is 64.8 Å². The third kappa shape index (κ3) is 5.51. The van der Waals surface area contributed by atoms with E-state index in [9.17, 15) is 14.0 Å². The van der Waals surface area contributed by atoms with Crippen molar-refractivity contribution in [3.63, 3.8) is 0 Å². The van der Waals surface area contributed by atoms with Crippen LogP contribution in [0.25, 0.3) is 0 Å². The molecular formula is C18H25FN2O3. The Morgan fingerprint density at radius 3 is 2.38 bits per heavy atom. The van der Waals surface area contributed by atoms with Gasteiger partial charge >= 0.3 is 6.09 Å². The molecule has 1 aliphatic carbocycles. The van der Waals surface area contributed by atoms with E-state index in [-0.39, 0.29) is 17.8 Å². The van der Waals surface area contributed by atoms with Gasteiger partial charge in [-0.1, -0.05) is 12.1 Å². The summed E-state index contributed by atoms with van der Waals surface area (Å²) in [5, 5.41) is 2.58. The van der Waals surface area contributed by atoms with Crippen molar-refractivity contribution in [3.05, 3.63) is 35.6 Å². The zero-order chi connectivity index (χ0) is 17.9. The zero-order valence-corrected chi connectivity index (χ0v) is 14.6. The van der Waals surface area contributed by atoms with Crippen LogP contribution in [-0.2, 0) is 16.1 Å². The van der Waals surface area contributed by atoms with Gasteiger partial charge in [0.15, 0.2) is 0 Å². The van der Waals surface area contributed by atoms with Gasteiger partial charge in [-0.3, -0.25) is 4.79 Å². The Labute approximate surface area is 142 Å². The number of hydrogen-bond donors (Lipinski definition) is 1. The first-order valence-corrected chi connectivity index (χ1v) is 8.20. The molecule has 1 aromatic rings. The van der Waals surface area contributed by atoms with Gasteiger partial charge in [0.05, 0.1) is 0 Å². The maximum atomic E-state index is 13.0. The van der Waals surface area contributed by atoms with E-state index in [1.54, 1.807) is 44.7 Å². The molecule has 0 heterocycles. The molecule has 0 unspecified atom stereocenters. The minimum atomic E-state index is -0.680. The van der Waals surface area contributed by atoms with Crippen molar-refractivity contribution in [1.29, 1.82) is 0 Å². The number of nitrogens with one attached hydrogen (secondary N) is 1. The summed E-state index contributed by atoms with van der Waals surface area (Å²) >= 11 is 0. The summed E-state index contributed by atoms with van der Waals surface area (Å²) in [6, 6.07) is 5.61. The molecule has 0 spiro atoms. The van der Waals surface area contributed by atoms with Crippen molar-refractivity contribution in [3.8, 4) is 0 Å². The van der Waals surface area contributed by atoms with Gasteiger partial charge in [-0.05, 0) is 58.2 Å². The normalized spacial score (nSPS) is 15.5. The summed E-state index contributed by atoms with van der Waals surface area (Å²) in [4.78, 5) is 26.3. The molecule has 1 N–H and O–H groups in total. The number of halogens is 1. The standard InChI is InChI=1S/C18H25FN2O3/c1-12(20-17(23)24-18(2,3)4)16(22)21(15-9-10-15)11-13-5-7-14(19)8-6-13/h5-8,12,15H,9-11H2,1-4H3,(H,20,23)/t12-/m0/s1. The second-order valence-corrected chi connectivity index (χ2v) is 7.19. The Morgan fingerprint density at radius 1 is 1.29 bits per heavy atom. The van der Waals surface area contributed by atoms with Gasteiger partial charge in [-0.15, -0.1) is 0 Å². The highest BCUT2D eigenvalue weighted by atomic mass is 19.1. The van der Waals surface area contributed by atoms with Crippen LogP contribution in [0, 0.1) is 5.82 Å². The quantitative estimate of drug-likeness (QED) is 0.898. The molecule has 1 fully saturated rings. The fourth-order valence-corrected chi connectivity index (χ4v) is 2.35. The van der Waals surface area contributed by atoms with Gasteiger partial charge in [0.2, 0.25) is 5.91 Å². The molecule has 24 heavy (non-hydrogen) atoms. The molecule has 2 rings (SSSR count). The Balaban J connectivity index is 1.98. The smallest absolute Gasteiger partial charge is 0.408 e. The number of rotatable bonds is 5. The van der Waals surface area contributed by atoms with Crippen LogP contribution in [0.4, 0.5) is 9.18 Å². The molecule has 1 aromatic carbocycles. The van der Waals surface area contributed by atoms with Crippen LogP contribution in [0.2, 0.25) is 0 Å². The Morgan fingerprint density at radius 2 is 1.88 bits per heavy atom. The molecule has 2 amide bonds. The molecule has 0 aromatic heterocycles. The largest absolute Gasteiger partial charge is 0.444 e. The number of carbonyl (C=O) groups excluding carboxylic acids is 2. The lowest BCUT2D eigenvalue weighted by Crippen LogP contribution is -2.48. The highest BCUT2D eigenvalue weighted by Gasteiger charge is 2.35. The SMILES string of the molecule is C[C@H](NC(=O)OC(C)(C)C)C(=O)N(Cc1ccc(F)cc1)C1CC1. The highest BCUT2D eigenvalue weighted by molar-refractivity contribution is 5.85. The lowest BCUT2D eigenvalue weighted by molar-refractivity contribution is -0.134. The maximum absolute atomic E-state index is 13.0. The Kier molecular flexibility index (Phi) is 5.47. The second-order valence-electron chi connectivity index (χ2n) is 7.19. The number of alkyl carbamates (subject to hydrolysis) is 1. The first-order valence-electron chi connectivity index (χ1n) is 8.20. The minimum absolute atomic E-state index is 0.160. The molecule has 132 valence electrons. The molecule has 0 bridgehead atoms. The van der Waals surface area contributed by atoms with Gasteiger partial charge in [-0.25, -0.2) is 9.18 Å². The fraction of sp³-hybridized carbons (Fsp3) is 0.556. The Hall–Kier alpha value is -2.11. The first kappa shape index (κ1) is 18.2. The maximum Gasteiger partial charge on any atom is 0.408 e. The van der Waals surface area contributed by atoms with E-state index in [0.717, 1.165) is 18.4 Å². The molecule has 1 saturated carbocycles. The van der Waals surface area contributed by atoms with Gasteiger partial charge in [0.1, 0.15) is 17.5 Å². The molecule has 0 aliphatic heterocycles. The van der Waals surface area contributed by atoms with E-state index in [0.29, 0.717) is 6.54 Å². The number of carbonyl (C=O) groups is 2. The Bertz CT molecular complexity index is 591. The van der Waals surface area contributed by atoms with E-state index in [4.69, 9.17) is 4.74 Å². The van der Waals surface area contributed by atoms with Crippen LogP contribution >= 0.6 is 0 Å². The highest BCUT2D eigenvalue weighted by Crippen LogP contribution is 2.29. The van der Waals surface area contributed by atoms with Crippen LogP contribution in [0.5, 0.6) is 0 Å². The fourth-order valence-electron chi connectivity index (χ4n) is 2.35. The molecular weight excluding hydrogens is 311 g/mol. The molecule has 5 nitrogen and oxygen atoms in total. The number of ether oxygens (including phenoxy) is 1. The van der Waals surface area contributed by atoms with Gasteiger partial charge < -0.3 is 15.0 Å². The second kappa shape index (κ2) is 7.20. The number of amides is 2. The van der Waals surface area contributed by atoms with Crippen LogP contribution in [0.3, 0.4) is 0 Å². The summed E-state index contributed by atoms with van der Waals surface area (Å²) in [6.07, 6.45) is 1.29. The number of hydrogen-bond acceptors (Lipinski definition) is 3. The van der Waals surface area contributed by atoms with Crippen molar-refractivity contribution >= 4 is 12.0 Å². The summed E-state index contributed by atoms with van der Waals surface area (Å²) in [6.45, 7) is 7.36. The summed E-state index contributed by atoms with van der Waals surface area (Å²) in [5.41, 5.74) is 0.248. The topological polar surface area (TPSA) is 58.6 Å². The molecule has 0 radical (unpaired) electrons. The average Bonchev–Trinajstić information content (AvgIpc) is 3.28. The van der Waals surface area contributed by atoms with Crippen molar-refractivity contribution in [2.75, 3.05) is 0 Å². The van der Waals surface area contributed by atoms with Crippen LogP contribution in [0.1, 0.15) is 46.1 Å². The van der Waals surface area contributed by atoms with Crippen molar-refractivity contribution < 1.29 is 18.7 Å². The zero-order valence-electron chi connectivity index (χ0n) is 14.6. The molecule has 1 atom stereocenters. The van der Waals surface area contributed by atoms with Crippen LogP contribution in [-0.4, -0.2) is 34.6 Å². The molecule has 0 saturated heterocycles. The van der Waals surface area contributed by atoms with Crippen LogP contribution < -0.4 is 5.32 Å². The minimum Gasteiger partial charge on any atom is -0.444 e. The van der Waals surface area contributed by atoms with E-state index in [2.05, 4.69) is 5.32 Å². The summed E-state index contributed by atoms with van der Waals surface area (Å²) in [5.74, 6) is -0.462. The lowest BCUT2D eigenvalue weighted by Gasteiger charge is -2.27. The molecule has 6 heteroatoms. The van der Waals surface area contributed by atoms with Crippen molar-refractivity contribution in [2.24, 2.45) is 0 Å². The van der Waals surface area contributed by atoms with Gasteiger partial charge in [0.25, 0.3) is 0 Å². The predicted molar refractivity (Wildman–Crippen MR) is 88.8 cm³/mol. The predicted octanol–water partition coefficient (Wildman–Crippen LogP) is 3.23. The summed E-state index contributed by atoms with van der Waals surface area (Å²) in [7, 11) is 0. The van der Waals surface area contributed by atoms with E-state index in [1.165, 1.54) is 12.1 Å². The number of benzene rings is 1. The van der Waals surface area contributed by atoms with E-state index >= 15 is 0 Å². The summed E-state index contributed by atoms with van der Waals surface area (Å²) < 4.78 is 18.2. The van der Waals surface area contributed by atoms with Gasteiger partial charge in [0, 0.05) is 12.6 Å². The van der Waals surface area contributed by atoms with Crippen molar-refractivity contribution in [1.82, 2.24) is 10.2 Å². The van der Waals surface area contributed by atoms with E-state index in [1.807, 2.05) is 0 Å². The number of nitrogens with zero attached hydrogens (tertiary/aromatic N) is 1. The molecule has 1 aliphatic rings. The monoisotopic (exact) mass is 336 g/mol. The van der Waals surface area contributed by atoms with E-state index < -0.39 is 17.7 Å².